The van der Waals surface area contributed by atoms with E-state index in [2.05, 4.69) is 15.6 Å². The molecule has 1 saturated heterocycles. The molecule has 2 heterocycles. The van der Waals surface area contributed by atoms with Gasteiger partial charge in [0.15, 0.2) is 0 Å². The lowest BCUT2D eigenvalue weighted by atomic mass is 10.2. The van der Waals surface area contributed by atoms with Crippen LogP contribution in [0.3, 0.4) is 0 Å². The Labute approximate surface area is 128 Å². The van der Waals surface area contributed by atoms with Crippen LogP contribution < -0.4 is 20.4 Å². The van der Waals surface area contributed by atoms with Crippen LogP contribution in [0.15, 0.2) is 12.3 Å². The summed E-state index contributed by atoms with van der Waals surface area (Å²) in [4.78, 5) is 7.57. The first-order chi connectivity index (χ1) is 10.4. The number of anilines is 2. The number of halogens is 3. The average Bonchev–Trinajstić information content (AvgIpc) is 2.52. The van der Waals surface area contributed by atoms with E-state index in [-0.39, 0.29) is 5.82 Å². The Balaban J connectivity index is 2.30. The average molecular weight is 317 g/mol. The molecule has 2 rings (SSSR count). The zero-order valence-electron chi connectivity index (χ0n) is 12.9. The number of aromatic nitrogens is 1. The topological polar surface area (TPSA) is 43.4 Å². The molecule has 0 amide bonds. The Morgan fingerprint density at radius 3 is 2.64 bits per heavy atom. The molecule has 0 saturated carbocycles. The summed E-state index contributed by atoms with van der Waals surface area (Å²) in [5.74, 6) is 0.0276. The maximum atomic E-state index is 13.4. The van der Waals surface area contributed by atoms with Crippen molar-refractivity contribution in [3.8, 4) is 0 Å². The second kappa shape index (κ2) is 7.15. The molecule has 5 nitrogen and oxygen atoms in total. The van der Waals surface area contributed by atoms with E-state index in [1.807, 2.05) is 0 Å². The number of piperazine rings is 1. The van der Waals surface area contributed by atoms with Crippen molar-refractivity contribution in [3.63, 3.8) is 0 Å². The predicted octanol–water partition coefficient (Wildman–Crippen LogP) is 1.17. The van der Waals surface area contributed by atoms with E-state index in [1.54, 1.807) is 23.9 Å². The third-order valence-corrected chi connectivity index (χ3v) is 3.71. The van der Waals surface area contributed by atoms with Crippen molar-refractivity contribution in [1.82, 2.24) is 15.6 Å². The molecule has 0 unspecified atom stereocenters. The molecule has 22 heavy (non-hydrogen) atoms. The minimum Gasteiger partial charge on any atom is -0.372 e. The van der Waals surface area contributed by atoms with Gasteiger partial charge in [-0.1, -0.05) is 0 Å². The van der Waals surface area contributed by atoms with E-state index < -0.39 is 11.7 Å². The van der Waals surface area contributed by atoms with Crippen molar-refractivity contribution in [2.24, 2.45) is 0 Å². The van der Waals surface area contributed by atoms with E-state index in [0.717, 1.165) is 0 Å². The molecule has 1 fully saturated rings. The molecular weight excluding hydrogens is 295 g/mol. The van der Waals surface area contributed by atoms with Gasteiger partial charge in [0.2, 0.25) is 0 Å². The van der Waals surface area contributed by atoms with Gasteiger partial charge in [-0.3, -0.25) is 0 Å². The maximum absolute atomic E-state index is 13.4. The minimum absolute atomic E-state index is 0.0276. The fraction of sp³-hybridized carbons (Fsp3) is 0.643. The lowest BCUT2D eigenvalue weighted by Crippen LogP contribution is -2.44. The fourth-order valence-corrected chi connectivity index (χ4v) is 2.40. The number of hydrogen-bond donors (Lipinski definition) is 2. The van der Waals surface area contributed by atoms with Crippen LogP contribution in [0.5, 0.6) is 0 Å². The number of rotatable bonds is 5. The fourth-order valence-electron chi connectivity index (χ4n) is 2.40. The summed E-state index contributed by atoms with van der Waals surface area (Å²) in [6.07, 6.45) is -2.89. The van der Waals surface area contributed by atoms with Gasteiger partial charge in [0, 0.05) is 46.3 Å². The number of pyridine rings is 1. The van der Waals surface area contributed by atoms with Crippen molar-refractivity contribution in [1.29, 1.82) is 0 Å². The van der Waals surface area contributed by atoms with Crippen LogP contribution >= 0.6 is 0 Å². The molecule has 1 aliphatic heterocycles. The molecule has 1 aromatic heterocycles. The summed E-state index contributed by atoms with van der Waals surface area (Å²) in [7, 11) is 3.57. The first-order valence-corrected chi connectivity index (χ1v) is 7.32. The van der Waals surface area contributed by atoms with E-state index in [4.69, 9.17) is 0 Å². The van der Waals surface area contributed by atoms with Crippen LogP contribution in [0.25, 0.3) is 0 Å². The number of likely N-dealkylation sites (N-methyl/N-ethyl adjacent to an activating group) is 2. The highest BCUT2D eigenvalue weighted by Gasteiger charge is 2.36. The van der Waals surface area contributed by atoms with Crippen LogP contribution in [0.2, 0.25) is 0 Å². The summed E-state index contributed by atoms with van der Waals surface area (Å²) in [5.41, 5.74) is -0.190. The molecule has 0 bridgehead atoms. The summed E-state index contributed by atoms with van der Waals surface area (Å²) >= 11 is 0. The second-order valence-electron chi connectivity index (χ2n) is 5.32. The Bertz CT molecular complexity index is 486. The van der Waals surface area contributed by atoms with Gasteiger partial charge >= 0.3 is 6.18 Å². The van der Waals surface area contributed by atoms with Crippen LogP contribution in [-0.4, -0.2) is 58.3 Å². The van der Waals surface area contributed by atoms with Crippen molar-refractivity contribution < 1.29 is 13.2 Å². The Hall–Kier alpha value is -1.54. The monoisotopic (exact) mass is 317 g/mol. The van der Waals surface area contributed by atoms with Gasteiger partial charge in [-0.05, 0) is 13.1 Å². The van der Waals surface area contributed by atoms with Crippen LogP contribution in [0, 0.1) is 0 Å². The molecule has 124 valence electrons. The maximum Gasteiger partial charge on any atom is 0.420 e. The summed E-state index contributed by atoms with van der Waals surface area (Å²) in [6, 6.07) is 1.19. The smallest absolute Gasteiger partial charge is 0.372 e. The largest absolute Gasteiger partial charge is 0.420 e. The van der Waals surface area contributed by atoms with Crippen molar-refractivity contribution in [2.45, 2.75) is 6.18 Å². The molecule has 8 heteroatoms. The van der Waals surface area contributed by atoms with Crippen molar-refractivity contribution in [2.75, 3.05) is 63.2 Å². The van der Waals surface area contributed by atoms with Gasteiger partial charge < -0.3 is 20.4 Å². The first kappa shape index (κ1) is 16.8. The molecule has 1 aliphatic rings. The van der Waals surface area contributed by atoms with E-state index in [1.165, 1.54) is 12.3 Å². The van der Waals surface area contributed by atoms with Gasteiger partial charge in [0.05, 0.1) is 11.9 Å². The molecule has 0 aromatic carbocycles. The van der Waals surface area contributed by atoms with Gasteiger partial charge in [-0.25, -0.2) is 4.98 Å². The van der Waals surface area contributed by atoms with E-state index in [9.17, 15) is 13.2 Å². The van der Waals surface area contributed by atoms with Gasteiger partial charge in [-0.2, -0.15) is 13.2 Å². The van der Waals surface area contributed by atoms with Gasteiger partial charge in [-0.15, -0.1) is 0 Å². The van der Waals surface area contributed by atoms with Gasteiger partial charge in [0.25, 0.3) is 0 Å². The van der Waals surface area contributed by atoms with Crippen molar-refractivity contribution >= 4 is 11.5 Å². The Morgan fingerprint density at radius 2 is 2.05 bits per heavy atom. The number of hydrogen-bond acceptors (Lipinski definition) is 5. The third-order valence-electron chi connectivity index (χ3n) is 3.71. The normalized spacial score (nSPS) is 16.0. The highest BCUT2D eigenvalue weighted by Crippen LogP contribution is 2.37. The second-order valence-corrected chi connectivity index (χ2v) is 5.32. The van der Waals surface area contributed by atoms with Crippen LogP contribution in [0.1, 0.15) is 5.56 Å². The van der Waals surface area contributed by atoms with Crippen molar-refractivity contribution in [3.05, 3.63) is 17.8 Å². The molecule has 0 spiro atoms. The Kier molecular flexibility index (Phi) is 5.47. The number of alkyl halides is 3. The highest BCUT2D eigenvalue weighted by atomic mass is 19.4. The summed E-state index contributed by atoms with van der Waals surface area (Å²) in [5, 5.41) is 6.11. The van der Waals surface area contributed by atoms with Gasteiger partial charge in [0.1, 0.15) is 11.4 Å². The number of nitrogens with one attached hydrogen (secondary N) is 2. The minimum atomic E-state index is -4.41. The molecule has 2 N–H and O–H groups in total. The standard InChI is InChI=1S/C14H22F3N5/c1-18-3-6-21(2)11-9-12(14(15,16)17)13(20-10-11)22-7-4-19-5-8-22/h9-10,18-19H,3-8H2,1-2H3. The first-order valence-electron chi connectivity index (χ1n) is 7.32. The molecule has 0 aliphatic carbocycles. The lowest BCUT2D eigenvalue weighted by molar-refractivity contribution is -0.137. The summed E-state index contributed by atoms with van der Waals surface area (Å²) < 4.78 is 40.2. The SMILES string of the molecule is CNCCN(C)c1cnc(N2CCNCC2)c(C(F)(F)F)c1. The van der Waals surface area contributed by atoms with Crippen LogP contribution in [-0.2, 0) is 6.18 Å². The van der Waals surface area contributed by atoms with Crippen LogP contribution in [0.4, 0.5) is 24.7 Å². The zero-order valence-corrected chi connectivity index (χ0v) is 12.9. The summed E-state index contributed by atoms with van der Waals surface area (Å²) in [6.45, 7) is 3.71. The number of nitrogens with zero attached hydrogens (tertiary/aromatic N) is 3. The van der Waals surface area contributed by atoms with E-state index in [0.29, 0.717) is 45.0 Å². The molecule has 1 aromatic rings. The molecule has 0 radical (unpaired) electrons. The Morgan fingerprint density at radius 1 is 1.36 bits per heavy atom. The lowest BCUT2D eigenvalue weighted by Gasteiger charge is -2.31. The molecular formula is C14H22F3N5. The third kappa shape index (κ3) is 4.01. The zero-order chi connectivity index (χ0) is 16.2. The molecule has 0 atom stereocenters. The highest BCUT2D eigenvalue weighted by molar-refractivity contribution is 5.57. The predicted molar refractivity (Wildman–Crippen MR) is 81.5 cm³/mol. The van der Waals surface area contributed by atoms with E-state index >= 15 is 0 Å². The quantitative estimate of drug-likeness (QED) is 0.853.